The number of ether oxygens (including phenoxy) is 2. The largest absolute Gasteiger partial charge is 0.492 e. The highest BCUT2D eigenvalue weighted by atomic mass is 32.1. The van der Waals surface area contributed by atoms with E-state index in [4.69, 9.17) is 13.8 Å². The lowest BCUT2D eigenvalue weighted by molar-refractivity contribution is 0.288. The third-order valence-corrected chi connectivity index (χ3v) is 5.94. The van der Waals surface area contributed by atoms with Gasteiger partial charge in [-0.2, -0.15) is 4.37 Å². The standard InChI is InChI=1S/C22H26N3O2S/c1-3-4-16-27-21-18(9-7-10-19(21)26-2)24-12-14-25(15-13-24)22-17-8-5-6-11-20(17)28-23-22/h5-9,11H,3-4,12-16H2,1-2H3. The summed E-state index contributed by atoms with van der Waals surface area (Å²) in [7, 11) is 1.67. The third kappa shape index (κ3) is 3.74. The van der Waals surface area contributed by atoms with Crippen molar-refractivity contribution in [2.45, 2.75) is 19.8 Å². The topological polar surface area (TPSA) is 37.8 Å². The van der Waals surface area contributed by atoms with E-state index in [1.807, 2.05) is 6.07 Å². The van der Waals surface area contributed by atoms with Crippen LogP contribution in [0.5, 0.6) is 11.5 Å². The highest BCUT2D eigenvalue weighted by molar-refractivity contribution is 7.13. The SMILES string of the molecule is CCCCOc1c(OC)[c]ccc1N1CCN(c2nsc3ccccc23)CC1. The van der Waals surface area contributed by atoms with Gasteiger partial charge in [-0.15, -0.1) is 0 Å². The van der Waals surface area contributed by atoms with Gasteiger partial charge in [0, 0.05) is 37.6 Å². The van der Waals surface area contributed by atoms with Gasteiger partial charge in [-0.1, -0.05) is 25.5 Å². The lowest BCUT2D eigenvalue weighted by Crippen LogP contribution is -2.46. The Labute approximate surface area is 170 Å². The maximum absolute atomic E-state index is 6.09. The number of hydrogen-bond acceptors (Lipinski definition) is 6. The molecule has 5 nitrogen and oxygen atoms in total. The Morgan fingerprint density at radius 1 is 1.11 bits per heavy atom. The van der Waals surface area contributed by atoms with Gasteiger partial charge < -0.3 is 19.3 Å². The fourth-order valence-corrected chi connectivity index (χ4v) is 4.37. The number of anilines is 2. The van der Waals surface area contributed by atoms with Gasteiger partial charge in [-0.3, -0.25) is 0 Å². The summed E-state index contributed by atoms with van der Waals surface area (Å²) in [5, 5.41) is 1.25. The second kappa shape index (κ2) is 8.69. The van der Waals surface area contributed by atoms with Crippen LogP contribution in [0, 0.1) is 6.07 Å². The zero-order valence-electron chi connectivity index (χ0n) is 16.5. The molecule has 147 valence electrons. The fourth-order valence-electron chi connectivity index (χ4n) is 3.57. The molecule has 1 fully saturated rings. The normalized spacial score (nSPS) is 14.5. The van der Waals surface area contributed by atoms with Crippen LogP contribution >= 0.6 is 11.5 Å². The first kappa shape index (κ1) is 18.9. The molecule has 0 spiro atoms. The molecule has 0 bridgehead atoms. The summed E-state index contributed by atoms with van der Waals surface area (Å²) in [6, 6.07) is 15.6. The van der Waals surface area contributed by atoms with Gasteiger partial charge in [0.1, 0.15) is 5.82 Å². The second-order valence-electron chi connectivity index (χ2n) is 6.90. The van der Waals surface area contributed by atoms with Crippen LogP contribution in [0.15, 0.2) is 36.4 Å². The molecule has 0 N–H and O–H groups in total. The van der Waals surface area contributed by atoms with E-state index in [-0.39, 0.29) is 0 Å². The monoisotopic (exact) mass is 396 g/mol. The van der Waals surface area contributed by atoms with Gasteiger partial charge in [0.15, 0.2) is 11.5 Å². The Morgan fingerprint density at radius 2 is 1.89 bits per heavy atom. The van der Waals surface area contributed by atoms with Crippen molar-refractivity contribution in [1.82, 2.24) is 4.37 Å². The van der Waals surface area contributed by atoms with Crippen molar-refractivity contribution in [3.8, 4) is 11.5 Å². The van der Waals surface area contributed by atoms with E-state index in [1.54, 1.807) is 18.6 Å². The molecule has 1 saturated heterocycles. The molecule has 4 rings (SSSR count). The first-order valence-corrected chi connectivity index (χ1v) is 10.6. The van der Waals surface area contributed by atoms with Crippen LogP contribution in [-0.4, -0.2) is 44.3 Å². The van der Waals surface area contributed by atoms with Crippen LogP contribution in [-0.2, 0) is 0 Å². The molecule has 0 unspecified atom stereocenters. The maximum atomic E-state index is 6.09. The zero-order chi connectivity index (χ0) is 19.3. The minimum absolute atomic E-state index is 0.682. The first-order valence-electron chi connectivity index (χ1n) is 9.87. The van der Waals surface area contributed by atoms with E-state index in [2.05, 4.69) is 53.1 Å². The Morgan fingerprint density at radius 3 is 2.68 bits per heavy atom. The van der Waals surface area contributed by atoms with E-state index in [1.165, 1.54) is 10.1 Å². The number of methoxy groups -OCH3 is 1. The average Bonchev–Trinajstić information content (AvgIpc) is 3.18. The van der Waals surface area contributed by atoms with Crippen molar-refractivity contribution in [2.75, 3.05) is 49.7 Å². The van der Waals surface area contributed by atoms with Gasteiger partial charge in [0.2, 0.25) is 0 Å². The van der Waals surface area contributed by atoms with Gasteiger partial charge in [0.05, 0.1) is 24.1 Å². The lowest BCUT2D eigenvalue weighted by atomic mass is 10.2. The van der Waals surface area contributed by atoms with Crippen LogP contribution in [0.1, 0.15) is 19.8 Å². The molecule has 0 aliphatic carbocycles. The van der Waals surface area contributed by atoms with Crippen molar-refractivity contribution in [1.29, 1.82) is 0 Å². The molecule has 2 aromatic carbocycles. The van der Waals surface area contributed by atoms with Crippen LogP contribution in [0.25, 0.3) is 10.1 Å². The summed E-state index contributed by atoms with van der Waals surface area (Å²) in [5.74, 6) is 2.60. The second-order valence-corrected chi connectivity index (χ2v) is 7.71. The number of hydrogen-bond donors (Lipinski definition) is 0. The lowest BCUT2D eigenvalue weighted by Gasteiger charge is -2.37. The average molecular weight is 397 g/mol. The fraction of sp³-hybridized carbons (Fsp3) is 0.409. The number of unbranched alkanes of at least 4 members (excludes halogenated alkanes) is 1. The minimum Gasteiger partial charge on any atom is -0.492 e. The number of rotatable bonds is 7. The van der Waals surface area contributed by atoms with Gasteiger partial charge in [-0.05, 0) is 42.2 Å². The summed E-state index contributed by atoms with van der Waals surface area (Å²) in [5.41, 5.74) is 1.09. The van der Waals surface area contributed by atoms with E-state index in [0.717, 1.165) is 56.3 Å². The summed E-state index contributed by atoms with van der Waals surface area (Å²) < 4.78 is 17.6. The third-order valence-electron chi connectivity index (χ3n) is 5.12. The van der Waals surface area contributed by atoms with Crippen LogP contribution < -0.4 is 19.3 Å². The molecular formula is C22H26N3O2S. The van der Waals surface area contributed by atoms with E-state index >= 15 is 0 Å². The molecule has 1 radical (unpaired) electrons. The predicted molar refractivity (Wildman–Crippen MR) is 116 cm³/mol. The zero-order valence-corrected chi connectivity index (χ0v) is 17.3. The first-order chi connectivity index (χ1) is 13.8. The summed E-state index contributed by atoms with van der Waals surface area (Å²) in [6.07, 6.45) is 2.14. The Hall–Kier alpha value is -2.47. The van der Waals surface area contributed by atoms with Crippen molar-refractivity contribution >= 4 is 33.1 Å². The van der Waals surface area contributed by atoms with Crippen LogP contribution in [0.3, 0.4) is 0 Å². The summed E-state index contributed by atoms with van der Waals surface area (Å²) in [6.45, 7) is 6.57. The molecule has 1 aliphatic rings. The molecule has 2 heterocycles. The van der Waals surface area contributed by atoms with Gasteiger partial charge in [-0.25, -0.2) is 0 Å². The summed E-state index contributed by atoms with van der Waals surface area (Å²) >= 11 is 1.58. The van der Waals surface area contributed by atoms with Crippen molar-refractivity contribution in [3.05, 3.63) is 42.5 Å². The van der Waals surface area contributed by atoms with Crippen molar-refractivity contribution < 1.29 is 9.47 Å². The summed E-state index contributed by atoms with van der Waals surface area (Å²) in [4.78, 5) is 4.77. The molecule has 1 aromatic heterocycles. The number of benzene rings is 2. The quantitative estimate of drug-likeness (QED) is 0.545. The number of fused-ring (bicyclic) bond motifs is 1. The molecule has 28 heavy (non-hydrogen) atoms. The molecule has 0 saturated carbocycles. The molecule has 6 heteroatoms. The maximum Gasteiger partial charge on any atom is 0.185 e. The molecule has 1 aliphatic heterocycles. The molecule has 0 atom stereocenters. The number of piperazine rings is 1. The Balaban J connectivity index is 1.50. The van der Waals surface area contributed by atoms with E-state index in [0.29, 0.717) is 12.4 Å². The van der Waals surface area contributed by atoms with Crippen molar-refractivity contribution in [2.24, 2.45) is 0 Å². The highest BCUT2D eigenvalue weighted by Crippen LogP contribution is 2.38. The smallest absolute Gasteiger partial charge is 0.185 e. The Bertz CT molecular complexity index is 919. The van der Waals surface area contributed by atoms with Crippen LogP contribution in [0.4, 0.5) is 11.5 Å². The van der Waals surface area contributed by atoms with Crippen molar-refractivity contribution in [3.63, 3.8) is 0 Å². The minimum atomic E-state index is 0.682. The van der Waals surface area contributed by atoms with E-state index < -0.39 is 0 Å². The van der Waals surface area contributed by atoms with Gasteiger partial charge in [0.25, 0.3) is 0 Å². The van der Waals surface area contributed by atoms with Gasteiger partial charge >= 0.3 is 0 Å². The number of aromatic nitrogens is 1. The van der Waals surface area contributed by atoms with Crippen LogP contribution in [0.2, 0.25) is 0 Å². The predicted octanol–water partition coefficient (Wildman–Crippen LogP) is 4.61. The molecule has 3 aromatic rings. The Kier molecular flexibility index (Phi) is 5.86. The highest BCUT2D eigenvalue weighted by Gasteiger charge is 2.24. The van der Waals surface area contributed by atoms with E-state index in [9.17, 15) is 0 Å². The number of nitrogens with zero attached hydrogens (tertiary/aromatic N) is 3. The molecule has 0 amide bonds. The molecular weight excluding hydrogens is 370 g/mol.